The lowest BCUT2D eigenvalue weighted by atomic mass is 10.2. The van der Waals surface area contributed by atoms with Crippen molar-refractivity contribution in [1.82, 2.24) is 5.32 Å². The molecule has 0 fully saturated rings. The molecule has 0 aliphatic heterocycles. The van der Waals surface area contributed by atoms with Gasteiger partial charge in [-0.15, -0.1) is 0 Å². The van der Waals surface area contributed by atoms with Crippen molar-refractivity contribution in [3.8, 4) is 0 Å². The SMILES string of the molecule is CCCCNCC(C)SCc1ccccc1. The molecule has 1 aromatic carbocycles. The largest absolute Gasteiger partial charge is 0.316 e. The molecule has 1 N–H and O–H groups in total. The van der Waals surface area contributed by atoms with E-state index >= 15 is 0 Å². The molecular formula is C14H23NS. The van der Waals surface area contributed by atoms with Crippen molar-refractivity contribution >= 4 is 11.8 Å². The minimum atomic E-state index is 0.692. The fourth-order valence-electron chi connectivity index (χ4n) is 1.48. The second kappa shape index (κ2) is 8.66. The highest BCUT2D eigenvalue weighted by molar-refractivity contribution is 7.99. The summed E-state index contributed by atoms with van der Waals surface area (Å²) in [5, 5.41) is 4.19. The van der Waals surface area contributed by atoms with Crippen LogP contribution in [0.25, 0.3) is 0 Å². The summed E-state index contributed by atoms with van der Waals surface area (Å²) in [6.07, 6.45) is 2.56. The highest BCUT2D eigenvalue weighted by atomic mass is 32.2. The van der Waals surface area contributed by atoms with Crippen molar-refractivity contribution in [2.45, 2.75) is 37.7 Å². The molecule has 1 unspecified atom stereocenters. The van der Waals surface area contributed by atoms with Crippen LogP contribution in [0.3, 0.4) is 0 Å². The minimum absolute atomic E-state index is 0.692. The minimum Gasteiger partial charge on any atom is -0.316 e. The lowest BCUT2D eigenvalue weighted by Crippen LogP contribution is -2.23. The maximum absolute atomic E-state index is 3.50. The summed E-state index contributed by atoms with van der Waals surface area (Å²) in [6, 6.07) is 10.7. The summed E-state index contributed by atoms with van der Waals surface area (Å²) >= 11 is 2.03. The summed E-state index contributed by atoms with van der Waals surface area (Å²) in [4.78, 5) is 0. The van der Waals surface area contributed by atoms with Crippen molar-refractivity contribution in [3.05, 3.63) is 35.9 Å². The summed E-state index contributed by atoms with van der Waals surface area (Å²) in [5.74, 6) is 1.12. The molecule has 1 atom stereocenters. The predicted molar refractivity (Wildman–Crippen MR) is 75.0 cm³/mol. The van der Waals surface area contributed by atoms with E-state index in [1.165, 1.54) is 18.4 Å². The number of nitrogens with one attached hydrogen (secondary N) is 1. The lowest BCUT2D eigenvalue weighted by Gasteiger charge is -2.12. The fourth-order valence-corrected chi connectivity index (χ4v) is 2.38. The molecule has 0 spiro atoms. The van der Waals surface area contributed by atoms with E-state index in [0.717, 1.165) is 18.8 Å². The average molecular weight is 237 g/mol. The van der Waals surface area contributed by atoms with Crippen LogP contribution in [0, 0.1) is 0 Å². The zero-order chi connectivity index (χ0) is 11.6. The number of rotatable bonds is 8. The number of hydrogen-bond donors (Lipinski definition) is 1. The van der Waals surface area contributed by atoms with Gasteiger partial charge < -0.3 is 5.32 Å². The number of benzene rings is 1. The third kappa shape index (κ3) is 6.19. The van der Waals surface area contributed by atoms with Gasteiger partial charge in [-0.3, -0.25) is 0 Å². The normalized spacial score (nSPS) is 12.6. The molecule has 0 amide bonds. The molecule has 90 valence electrons. The third-order valence-corrected chi connectivity index (χ3v) is 3.75. The highest BCUT2D eigenvalue weighted by Gasteiger charge is 2.02. The van der Waals surface area contributed by atoms with E-state index in [2.05, 4.69) is 49.5 Å². The van der Waals surface area contributed by atoms with E-state index in [9.17, 15) is 0 Å². The summed E-state index contributed by atoms with van der Waals surface area (Å²) in [5.41, 5.74) is 1.42. The Bertz CT molecular complexity index is 261. The Morgan fingerprint density at radius 3 is 2.69 bits per heavy atom. The van der Waals surface area contributed by atoms with Crippen LogP contribution in [0.4, 0.5) is 0 Å². The van der Waals surface area contributed by atoms with Crippen molar-refractivity contribution in [3.63, 3.8) is 0 Å². The van der Waals surface area contributed by atoms with Crippen molar-refractivity contribution < 1.29 is 0 Å². The molecule has 0 radical (unpaired) electrons. The molecule has 1 aromatic rings. The van der Waals surface area contributed by atoms with Gasteiger partial charge in [0.05, 0.1) is 0 Å². The first-order chi connectivity index (χ1) is 7.83. The van der Waals surface area contributed by atoms with Crippen molar-refractivity contribution in [2.75, 3.05) is 13.1 Å². The molecule has 0 aliphatic rings. The standard InChI is InChI=1S/C14H23NS/c1-3-4-10-15-11-13(2)16-12-14-8-6-5-7-9-14/h5-9,13,15H,3-4,10-12H2,1-2H3. The zero-order valence-corrected chi connectivity index (χ0v) is 11.2. The van der Waals surface area contributed by atoms with Gasteiger partial charge in [0, 0.05) is 17.5 Å². The van der Waals surface area contributed by atoms with Gasteiger partial charge in [-0.1, -0.05) is 50.6 Å². The molecule has 1 nitrogen and oxygen atoms in total. The molecular weight excluding hydrogens is 214 g/mol. The quantitative estimate of drug-likeness (QED) is 0.692. The molecule has 0 saturated carbocycles. The predicted octanol–water partition coefficient (Wildman–Crippen LogP) is 3.70. The van der Waals surface area contributed by atoms with Crippen LogP contribution in [0.5, 0.6) is 0 Å². The first-order valence-corrected chi connectivity index (χ1v) is 7.24. The molecule has 0 saturated heterocycles. The Morgan fingerprint density at radius 1 is 1.25 bits per heavy atom. The second-order valence-electron chi connectivity index (χ2n) is 4.16. The van der Waals surface area contributed by atoms with Crippen LogP contribution >= 0.6 is 11.8 Å². The zero-order valence-electron chi connectivity index (χ0n) is 10.4. The van der Waals surface area contributed by atoms with Gasteiger partial charge >= 0.3 is 0 Å². The van der Waals surface area contributed by atoms with Crippen LogP contribution in [0.1, 0.15) is 32.3 Å². The van der Waals surface area contributed by atoms with Crippen LogP contribution < -0.4 is 5.32 Å². The van der Waals surface area contributed by atoms with Gasteiger partial charge in [0.2, 0.25) is 0 Å². The van der Waals surface area contributed by atoms with Crippen LogP contribution in [-0.4, -0.2) is 18.3 Å². The molecule has 2 heteroatoms. The molecule has 0 aromatic heterocycles. The Morgan fingerprint density at radius 2 is 2.00 bits per heavy atom. The second-order valence-corrected chi connectivity index (χ2v) is 5.59. The van der Waals surface area contributed by atoms with Gasteiger partial charge in [-0.2, -0.15) is 11.8 Å². The Labute approximate surface area is 104 Å². The van der Waals surface area contributed by atoms with Crippen LogP contribution in [-0.2, 0) is 5.75 Å². The first kappa shape index (κ1) is 13.6. The Hall–Kier alpha value is -0.470. The van der Waals surface area contributed by atoms with Crippen LogP contribution in [0.15, 0.2) is 30.3 Å². The molecule has 0 heterocycles. The summed E-state index contributed by atoms with van der Waals surface area (Å²) in [6.45, 7) is 6.81. The van der Waals surface area contributed by atoms with E-state index in [1.54, 1.807) is 0 Å². The number of hydrogen-bond acceptors (Lipinski definition) is 2. The highest BCUT2D eigenvalue weighted by Crippen LogP contribution is 2.16. The third-order valence-electron chi connectivity index (χ3n) is 2.52. The average Bonchev–Trinajstić information content (AvgIpc) is 2.33. The van der Waals surface area contributed by atoms with E-state index < -0.39 is 0 Å². The lowest BCUT2D eigenvalue weighted by molar-refractivity contribution is 0.638. The van der Waals surface area contributed by atoms with Gasteiger partial charge in [0.15, 0.2) is 0 Å². The molecule has 0 bridgehead atoms. The first-order valence-electron chi connectivity index (χ1n) is 6.19. The van der Waals surface area contributed by atoms with Crippen molar-refractivity contribution in [2.24, 2.45) is 0 Å². The Balaban J connectivity index is 2.08. The molecule has 1 rings (SSSR count). The topological polar surface area (TPSA) is 12.0 Å². The number of unbranched alkanes of at least 4 members (excludes halogenated alkanes) is 1. The van der Waals surface area contributed by atoms with Gasteiger partial charge in [0.25, 0.3) is 0 Å². The monoisotopic (exact) mass is 237 g/mol. The summed E-state index contributed by atoms with van der Waals surface area (Å²) < 4.78 is 0. The van der Waals surface area contributed by atoms with Crippen molar-refractivity contribution in [1.29, 1.82) is 0 Å². The number of thioether (sulfide) groups is 1. The Kier molecular flexibility index (Phi) is 7.35. The molecule has 16 heavy (non-hydrogen) atoms. The van der Waals surface area contributed by atoms with Gasteiger partial charge in [0.1, 0.15) is 0 Å². The van der Waals surface area contributed by atoms with E-state index in [1.807, 2.05) is 11.8 Å². The van der Waals surface area contributed by atoms with E-state index in [-0.39, 0.29) is 0 Å². The van der Waals surface area contributed by atoms with E-state index in [4.69, 9.17) is 0 Å². The smallest absolute Gasteiger partial charge is 0.0187 e. The summed E-state index contributed by atoms with van der Waals surface area (Å²) in [7, 11) is 0. The fraction of sp³-hybridized carbons (Fsp3) is 0.571. The maximum Gasteiger partial charge on any atom is 0.0187 e. The van der Waals surface area contributed by atoms with Gasteiger partial charge in [-0.25, -0.2) is 0 Å². The van der Waals surface area contributed by atoms with Gasteiger partial charge in [-0.05, 0) is 18.5 Å². The van der Waals surface area contributed by atoms with E-state index in [0.29, 0.717) is 5.25 Å². The maximum atomic E-state index is 3.50. The van der Waals surface area contributed by atoms with Crippen LogP contribution in [0.2, 0.25) is 0 Å². The molecule has 0 aliphatic carbocycles.